The smallest absolute Gasteiger partial charge is 0.0475 e. The minimum atomic E-state index is 0.292. The number of hydrogen-bond acceptors (Lipinski definition) is 4. The van der Waals surface area contributed by atoms with Crippen LogP contribution in [0, 0.1) is 38.5 Å². The maximum absolute atomic E-state index is 9.89. The fraction of sp³-hybridized carbons (Fsp3) is 0.727. The second-order valence-electron chi connectivity index (χ2n) is 8.69. The zero-order valence-electron chi connectivity index (χ0n) is 16.7. The Balaban J connectivity index is 1.58. The van der Waals surface area contributed by atoms with Gasteiger partial charge in [-0.05, 0) is 86.7 Å². The van der Waals surface area contributed by atoms with Gasteiger partial charge >= 0.3 is 0 Å². The molecule has 1 aromatic rings. The lowest BCUT2D eigenvalue weighted by Crippen LogP contribution is -2.40. The van der Waals surface area contributed by atoms with Gasteiger partial charge in [0.05, 0.1) is 0 Å². The van der Waals surface area contributed by atoms with Gasteiger partial charge in [-0.2, -0.15) is 0 Å². The molecule has 0 amide bonds. The highest BCUT2D eigenvalue weighted by molar-refractivity contribution is 5.36. The van der Waals surface area contributed by atoms with Gasteiger partial charge in [-0.1, -0.05) is 12.1 Å². The highest BCUT2D eigenvalue weighted by Gasteiger charge is 2.34. The van der Waals surface area contributed by atoms with Crippen LogP contribution in [0.3, 0.4) is 0 Å². The van der Waals surface area contributed by atoms with E-state index < -0.39 is 0 Å². The number of benzene rings is 1. The van der Waals surface area contributed by atoms with Crippen LogP contribution in [0.15, 0.2) is 12.1 Å². The largest absolute Gasteiger partial charge is 0.396 e. The molecule has 2 saturated heterocycles. The van der Waals surface area contributed by atoms with Crippen molar-refractivity contribution >= 4 is 0 Å². The van der Waals surface area contributed by atoms with E-state index in [2.05, 4.69) is 42.7 Å². The van der Waals surface area contributed by atoms with Crippen LogP contribution in [0.25, 0.3) is 0 Å². The first-order chi connectivity index (χ1) is 12.5. The molecule has 0 aromatic heterocycles. The van der Waals surface area contributed by atoms with Crippen LogP contribution in [0.4, 0.5) is 0 Å². The van der Waals surface area contributed by atoms with E-state index in [0.717, 1.165) is 52.1 Å². The van der Waals surface area contributed by atoms with Gasteiger partial charge in [-0.25, -0.2) is 0 Å². The van der Waals surface area contributed by atoms with Crippen molar-refractivity contribution in [2.75, 3.05) is 45.9 Å². The number of piperidine rings is 1. The van der Waals surface area contributed by atoms with E-state index in [9.17, 15) is 10.2 Å². The Morgan fingerprint density at radius 2 is 1.50 bits per heavy atom. The van der Waals surface area contributed by atoms with Crippen LogP contribution >= 0.6 is 0 Å². The molecule has 1 aromatic carbocycles. The summed E-state index contributed by atoms with van der Waals surface area (Å²) in [7, 11) is 0. The Morgan fingerprint density at radius 1 is 0.846 bits per heavy atom. The highest BCUT2D eigenvalue weighted by atomic mass is 16.3. The number of aryl methyl sites for hydroxylation is 3. The molecule has 0 spiro atoms. The van der Waals surface area contributed by atoms with E-state index in [0.29, 0.717) is 31.0 Å². The monoisotopic (exact) mass is 360 g/mol. The molecule has 0 radical (unpaired) electrons. The fourth-order valence-corrected chi connectivity index (χ4v) is 4.69. The topological polar surface area (TPSA) is 46.9 Å². The summed E-state index contributed by atoms with van der Waals surface area (Å²) in [4.78, 5) is 5.08. The summed E-state index contributed by atoms with van der Waals surface area (Å²) in [5.74, 6) is 1.43. The molecule has 4 nitrogen and oxygen atoms in total. The summed E-state index contributed by atoms with van der Waals surface area (Å²) in [5, 5.41) is 19.2. The van der Waals surface area contributed by atoms with E-state index in [-0.39, 0.29) is 0 Å². The van der Waals surface area contributed by atoms with Crippen molar-refractivity contribution in [3.05, 3.63) is 34.4 Å². The van der Waals surface area contributed by atoms with Crippen molar-refractivity contribution in [2.24, 2.45) is 17.8 Å². The molecule has 3 rings (SSSR count). The first-order valence-corrected chi connectivity index (χ1v) is 10.2. The van der Waals surface area contributed by atoms with Crippen LogP contribution in [-0.4, -0.2) is 66.0 Å². The van der Waals surface area contributed by atoms with E-state index in [1.165, 1.54) is 22.3 Å². The minimum absolute atomic E-state index is 0.292. The molecule has 2 fully saturated rings. The van der Waals surface area contributed by atoms with Gasteiger partial charge in [0.1, 0.15) is 0 Å². The molecule has 0 unspecified atom stereocenters. The first-order valence-electron chi connectivity index (χ1n) is 10.2. The van der Waals surface area contributed by atoms with Crippen molar-refractivity contribution in [3.8, 4) is 0 Å². The second kappa shape index (κ2) is 8.83. The molecule has 2 atom stereocenters. The summed E-state index contributed by atoms with van der Waals surface area (Å²) >= 11 is 0. The highest BCUT2D eigenvalue weighted by Crippen LogP contribution is 2.28. The van der Waals surface area contributed by atoms with Crippen LogP contribution in [0.2, 0.25) is 0 Å². The van der Waals surface area contributed by atoms with Gasteiger partial charge in [0, 0.05) is 39.4 Å². The van der Waals surface area contributed by atoms with Gasteiger partial charge in [-0.15, -0.1) is 0 Å². The standard InChI is InChI=1S/C22H36N2O2/c1-16-8-18(3)20(9-17(16)2)10-24-12-21(22(13-24)15-26)11-23-6-4-19(14-25)5-7-23/h8-9,19,21-22,25-26H,4-7,10-15H2,1-3H3/t21-,22-/m0/s1. The zero-order chi connectivity index (χ0) is 18.7. The molecule has 2 N–H and O–H groups in total. The van der Waals surface area contributed by atoms with Gasteiger partial charge in [-0.3, -0.25) is 4.90 Å². The molecular formula is C22H36N2O2. The lowest BCUT2D eigenvalue weighted by atomic mass is 9.93. The number of nitrogens with zero attached hydrogens (tertiary/aromatic N) is 2. The van der Waals surface area contributed by atoms with E-state index in [1.807, 2.05) is 0 Å². The summed E-state index contributed by atoms with van der Waals surface area (Å²) in [6.45, 7) is 13.6. The third-order valence-electron chi connectivity index (χ3n) is 6.69. The predicted octanol–water partition coefficient (Wildman–Crippen LogP) is 2.36. The maximum Gasteiger partial charge on any atom is 0.0475 e. The summed E-state index contributed by atoms with van der Waals surface area (Å²) in [6, 6.07) is 4.64. The molecule has 2 aliphatic heterocycles. The quantitative estimate of drug-likeness (QED) is 0.818. The fourth-order valence-electron chi connectivity index (χ4n) is 4.69. The Morgan fingerprint density at radius 3 is 2.15 bits per heavy atom. The summed E-state index contributed by atoms with van der Waals surface area (Å²) in [5.41, 5.74) is 5.54. The lowest BCUT2D eigenvalue weighted by Gasteiger charge is -2.33. The Kier molecular flexibility index (Phi) is 6.73. The number of aliphatic hydroxyl groups is 2. The number of aliphatic hydroxyl groups excluding tert-OH is 2. The van der Waals surface area contributed by atoms with Crippen molar-refractivity contribution < 1.29 is 10.2 Å². The average Bonchev–Trinajstić information content (AvgIpc) is 3.01. The third-order valence-corrected chi connectivity index (χ3v) is 6.69. The molecule has 2 heterocycles. The maximum atomic E-state index is 9.89. The van der Waals surface area contributed by atoms with Gasteiger partial charge in [0.15, 0.2) is 0 Å². The zero-order valence-corrected chi connectivity index (χ0v) is 16.7. The number of rotatable bonds is 6. The van der Waals surface area contributed by atoms with Crippen molar-refractivity contribution in [1.82, 2.24) is 9.80 Å². The van der Waals surface area contributed by atoms with E-state index >= 15 is 0 Å². The van der Waals surface area contributed by atoms with Gasteiger partial charge < -0.3 is 15.1 Å². The third kappa shape index (κ3) is 4.66. The van der Waals surface area contributed by atoms with Crippen molar-refractivity contribution in [3.63, 3.8) is 0 Å². The Bertz CT molecular complexity index is 596. The predicted molar refractivity (Wildman–Crippen MR) is 106 cm³/mol. The Labute approximate surface area is 158 Å². The normalized spacial score (nSPS) is 25.9. The van der Waals surface area contributed by atoms with Gasteiger partial charge in [0.25, 0.3) is 0 Å². The summed E-state index contributed by atoms with van der Waals surface area (Å²) in [6.07, 6.45) is 2.22. The van der Waals surface area contributed by atoms with Crippen LogP contribution in [-0.2, 0) is 6.54 Å². The first kappa shape index (κ1) is 19.8. The molecule has 0 aliphatic carbocycles. The molecule has 2 aliphatic rings. The Hall–Kier alpha value is -0.940. The lowest BCUT2D eigenvalue weighted by molar-refractivity contribution is 0.106. The van der Waals surface area contributed by atoms with Crippen molar-refractivity contribution in [1.29, 1.82) is 0 Å². The van der Waals surface area contributed by atoms with E-state index in [1.54, 1.807) is 0 Å². The SMILES string of the molecule is Cc1cc(C)c(CN2C[C@@H](CO)[C@@H](CN3CCC(CO)CC3)C2)cc1C. The van der Waals surface area contributed by atoms with Crippen LogP contribution < -0.4 is 0 Å². The molecule has 0 saturated carbocycles. The summed E-state index contributed by atoms with van der Waals surface area (Å²) < 4.78 is 0. The molecule has 146 valence electrons. The van der Waals surface area contributed by atoms with Crippen LogP contribution in [0.1, 0.15) is 35.1 Å². The van der Waals surface area contributed by atoms with E-state index in [4.69, 9.17) is 0 Å². The second-order valence-corrected chi connectivity index (χ2v) is 8.69. The minimum Gasteiger partial charge on any atom is -0.396 e. The average molecular weight is 361 g/mol. The molecule has 26 heavy (non-hydrogen) atoms. The van der Waals surface area contributed by atoms with Crippen LogP contribution in [0.5, 0.6) is 0 Å². The molecule has 4 heteroatoms. The number of likely N-dealkylation sites (tertiary alicyclic amines) is 2. The molecule has 0 bridgehead atoms. The van der Waals surface area contributed by atoms with Crippen molar-refractivity contribution in [2.45, 2.75) is 40.2 Å². The molecular weight excluding hydrogens is 324 g/mol. The number of hydrogen-bond donors (Lipinski definition) is 2. The van der Waals surface area contributed by atoms with Gasteiger partial charge in [0.2, 0.25) is 0 Å².